The highest BCUT2D eigenvalue weighted by atomic mass is 16.7. The minimum absolute atomic E-state index is 0.148. The van der Waals surface area contributed by atoms with Crippen LogP contribution in [0.3, 0.4) is 0 Å². The molecule has 0 rings (SSSR count). The minimum atomic E-state index is -0.148. The molecule has 0 aromatic carbocycles. The van der Waals surface area contributed by atoms with Gasteiger partial charge in [0.25, 0.3) is 0 Å². The Hall–Kier alpha value is -0.340. The van der Waals surface area contributed by atoms with Gasteiger partial charge in [-0.2, -0.15) is 0 Å². The summed E-state index contributed by atoms with van der Waals surface area (Å²) >= 11 is 0. The number of unbranched alkanes of at least 4 members (excludes halogenated alkanes) is 5. The molecule has 0 atom stereocenters. The van der Waals surface area contributed by atoms with Crippen LogP contribution in [0.5, 0.6) is 0 Å². The average molecular weight is 228 g/mol. The molecule has 0 N–H and O–H groups in total. The zero-order valence-electron chi connectivity index (χ0n) is 11.2. The molecule has 0 unspecified atom stereocenters. The zero-order valence-corrected chi connectivity index (χ0v) is 11.2. The van der Waals surface area contributed by atoms with Gasteiger partial charge in [-0.3, -0.25) is 0 Å². The Morgan fingerprint density at radius 3 is 2.06 bits per heavy atom. The van der Waals surface area contributed by atoms with E-state index in [9.17, 15) is 0 Å². The molecule has 0 saturated carbocycles. The molecule has 0 bridgehead atoms. The summed E-state index contributed by atoms with van der Waals surface area (Å²) in [4.78, 5) is 0. The molecular weight excluding hydrogens is 200 g/mol. The normalized spacial score (nSPS) is 11.8. The zero-order chi connectivity index (χ0) is 12.1. The van der Waals surface area contributed by atoms with Crippen LogP contribution < -0.4 is 0 Å². The van der Waals surface area contributed by atoms with E-state index in [0.717, 1.165) is 6.42 Å². The molecule has 0 radical (unpaired) electrons. The highest BCUT2D eigenvalue weighted by Crippen LogP contribution is 2.06. The molecule has 0 amide bonds. The van der Waals surface area contributed by atoms with E-state index >= 15 is 0 Å². The fraction of sp³-hybridized carbons (Fsp3) is 0.857. The van der Waals surface area contributed by atoms with Crippen molar-refractivity contribution in [3.8, 4) is 0 Å². The van der Waals surface area contributed by atoms with Crippen molar-refractivity contribution in [2.24, 2.45) is 0 Å². The monoisotopic (exact) mass is 228 g/mol. The van der Waals surface area contributed by atoms with Crippen LogP contribution in [-0.4, -0.2) is 19.5 Å². The lowest BCUT2D eigenvalue weighted by atomic mass is 10.1. The van der Waals surface area contributed by atoms with Crippen molar-refractivity contribution in [3.63, 3.8) is 0 Å². The molecule has 2 nitrogen and oxygen atoms in total. The maximum atomic E-state index is 5.42. The maximum absolute atomic E-state index is 5.42. The van der Waals surface area contributed by atoms with Crippen molar-refractivity contribution in [1.82, 2.24) is 0 Å². The van der Waals surface area contributed by atoms with E-state index in [1.54, 1.807) is 0 Å². The number of hydrogen-bond donors (Lipinski definition) is 0. The number of ether oxygens (including phenoxy) is 2. The summed E-state index contributed by atoms with van der Waals surface area (Å²) in [6.45, 7) is 7.63. The van der Waals surface area contributed by atoms with Crippen molar-refractivity contribution in [2.75, 3.05) is 13.2 Å². The fourth-order valence-corrected chi connectivity index (χ4v) is 1.56. The average Bonchev–Trinajstić information content (AvgIpc) is 2.28. The molecule has 0 spiro atoms. The molecule has 0 aromatic rings. The minimum Gasteiger partial charge on any atom is -0.349 e. The molecule has 0 aliphatic heterocycles. The number of hydrogen-bond acceptors (Lipinski definition) is 2. The van der Waals surface area contributed by atoms with Gasteiger partial charge < -0.3 is 9.47 Å². The lowest BCUT2D eigenvalue weighted by Gasteiger charge is -2.12. The first-order valence-electron chi connectivity index (χ1n) is 6.74. The third kappa shape index (κ3) is 10.2. The van der Waals surface area contributed by atoms with Crippen LogP contribution in [-0.2, 0) is 9.47 Å². The fourth-order valence-electron chi connectivity index (χ4n) is 1.56. The van der Waals surface area contributed by atoms with Gasteiger partial charge in [-0.15, -0.1) is 0 Å². The molecule has 0 aliphatic carbocycles. The van der Waals surface area contributed by atoms with Crippen LogP contribution in [0.1, 0.15) is 59.3 Å². The summed E-state index contributed by atoms with van der Waals surface area (Å²) in [6.07, 6.45) is 11.9. The van der Waals surface area contributed by atoms with E-state index in [-0.39, 0.29) is 6.29 Å². The molecule has 0 saturated heterocycles. The highest BCUT2D eigenvalue weighted by molar-refractivity contribution is 4.85. The molecule has 16 heavy (non-hydrogen) atoms. The van der Waals surface area contributed by atoms with Crippen molar-refractivity contribution >= 4 is 0 Å². The third-order valence-corrected chi connectivity index (χ3v) is 2.43. The Bertz CT molecular complexity index is 149. The Morgan fingerprint density at radius 2 is 1.50 bits per heavy atom. The number of allylic oxidation sites excluding steroid dienone is 1. The molecule has 0 aromatic heterocycles. The lowest BCUT2D eigenvalue weighted by molar-refractivity contribution is -0.104. The molecule has 2 heteroatoms. The predicted molar refractivity (Wildman–Crippen MR) is 69.6 cm³/mol. The largest absolute Gasteiger partial charge is 0.349 e. The molecule has 0 fully saturated rings. The van der Waals surface area contributed by atoms with Gasteiger partial charge in [0.15, 0.2) is 6.29 Å². The second-order valence-electron chi connectivity index (χ2n) is 3.91. The number of rotatable bonds is 11. The predicted octanol–water partition coefficient (Wildman–Crippen LogP) is 4.30. The van der Waals surface area contributed by atoms with Crippen LogP contribution in [0, 0.1) is 0 Å². The van der Waals surface area contributed by atoms with Crippen molar-refractivity contribution in [1.29, 1.82) is 0 Å². The standard InChI is InChI=1S/C14H28O2/c1-4-7-8-9-10-11-12-13-14(15-5-2)16-6-3/h12-14H,4-11H2,1-3H3/b13-12+. The van der Waals surface area contributed by atoms with Crippen LogP contribution in [0.4, 0.5) is 0 Å². The van der Waals surface area contributed by atoms with Gasteiger partial charge in [0.2, 0.25) is 0 Å². The van der Waals surface area contributed by atoms with E-state index in [0.29, 0.717) is 13.2 Å². The lowest BCUT2D eigenvalue weighted by Crippen LogP contribution is -2.14. The molecule has 0 aliphatic rings. The van der Waals surface area contributed by atoms with Gasteiger partial charge in [-0.25, -0.2) is 0 Å². The molecular formula is C14H28O2. The highest BCUT2D eigenvalue weighted by Gasteiger charge is 2.00. The summed E-state index contributed by atoms with van der Waals surface area (Å²) in [5.41, 5.74) is 0. The first-order valence-corrected chi connectivity index (χ1v) is 6.74. The summed E-state index contributed by atoms with van der Waals surface area (Å²) in [6, 6.07) is 0. The first kappa shape index (κ1) is 15.7. The third-order valence-electron chi connectivity index (χ3n) is 2.43. The van der Waals surface area contributed by atoms with Crippen molar-refractivity contribution in [2.45, 2.75) is 65.6 Å². The van der Waals surface area contributed by atoms with E-state index in [1.807, 2.05) is 19.9 Å². The quantitative estimate of drug-likeness (QED) is 0.298. The second-order valence-corrected chi connectivity index (χ2v) is 3.91. The molecule has 96 valence electrons. The van der Waals surface area contributed by atoms with E-state index in [1.165, 1.54) is 32.1 Å². The summed E-state index contributed by atoms with van der Waals surface area (Å²) in [7, 11) is 0. The van der Waals surface area contributed by atoms with E-state index < -0.39 is 0 Å². The van der Waals surface area contributed by atoms with Crippen molar-refractivity contribution in [3.05, 3.63) is 12.2 Å². The van der Waals surface area contributed by atoms with E-state index in [4.69, 9.17) is 9.47 Å². The van der Waals surface area contributed by atoms with Gasteiger partial charge >= 0.3 is 0 Å². The van der Waals surface area contributed by atoms with Crippen molar-refractivity contribution < 1.29 is 9.47 Å². The summed E-state index contributed by atoms with van der Waals surface area (Å²) < 4.78 is 10.8. The second kappa shape index (κ2) is 12.7. The SMILES string of the molecule is CCCCCCC/C=C/C(OCC)OCC. The van der Waals surface area contributed by atoms with Gasteiger partial charge in [0.1, 0.15) is 0 Å². The van der Waals surface area contributed by atoms with Crippen LogP contribution in [0.25, 0.3) is 0 Å². The summed E-state index contributed by atoms with van der Waals surface area (Å²) in [5.74, 6) is 0. The van der Waals surface area contributed by atoms with Crippen LogP contribution in [0.15, 0.2) is 12.2 Å². The van der Waals surface area contributed by atoms with Gasteiger partial charge in [-0.05, 0) is 32.8 Å². The van der Waals surface area contributed by atoms with Crippen LogP contribution in [0.2, 0.25) is 0 Å². The molecule has 0 heterocycles. The first-order chi connectivity index (χ1) is 7.85. The van der Waals surface area contributed by atoms with E-state index in [2.05, 4.69) is 13.0 Å². The Morgan fingerprint density at radius 1 is 0.875 bits per heavy atom. The Balaban J connectivity index is 3.46. The summed E-state index contributed by atoms with van der Waals surface area (Å²) in [5, 5.41) is 0. The smallest absolute Gasteiger partial charge is 0.176 e. The van der Waals surface area contributed by atoms with Gasteiger partial charge in [0, 0.05) is 13.2 Å². The van der Waals surface area contributed by atoms with Gasteiger partial charge in [-0.1, -0.05) is 38.7 Å². The Labute approximate surface area is 101 Å². The maximum Gasteiger partial charge on any atom is 0.176 e. The topological polar surface area (TPSA) is 18.5 Å². The van der Waals surface area contributed by atoms with Crippen LogP contribution >= 0.6 is 0 Å². The Kier molecular flexibility index (Phi) is 12.5. The van der Waals surface area contributed by atoms with Gasteiger partial charge in [0.05, 0.1) is 0 Å².